The molecule has 1 unspecified atom stereocenters. The highest BCUT2D eigenvalue weighted by molar-refractivity contribution is 5.85. The summed E-state index contributed by atoms with van der Waals surface area (Å²) >= 11 is 0. The summed E-state index contributed by atoms with van der Waals surface area (Å²) in [6.07, 6.45) is 3.53. The van der Waals surface area contributed by atoms with Crippen molar-refractivity contribution in [2.24, 2.45) is 0 Å². The molecule has 3 nitrogen and oxygen atoms in total. The number of nitrogens with one attached hydrogen (secondary N) is 1. The molecule has 5 heteroatoms. The van der Waals surface area contributed by atoms with Crippen LogP contribution >= 0.6 is 24.8 Å². The minimum Gasteiger partial charge on any atom is -0.382 e. The number of piperidine rings is 1. The minimum atomic E-state index is -0.750. The highest BCUT2D eigenvalue weighted by atomic mass is 35.5. The van der Waals surface area contributed by atoms with Crippen molar-refractivity contribution in [1.29, 1.82) is 0 Å². The molecule has 0 saturated carbocycles. The standard InChI is InChI=1S/C10H14N2O.2ClH/c13-10(5-3-6-11-8-10)9-4-1-2-7-12-9;;/h1-2,4,7,11,13H,3,5-6,8H2;2*1H. The van der Waals surface area contributed by atoms with E-state index in [4.69, 9.17) is 0 Å². The SMILES string of the molecule is Cl.Cl.OC1(c2ccccn2)CCCNC1. The number of aromatic nitrogens is 1. The van der Waals surface area contributed by atoms with Gasteiger partial charge in [-0.2, -0.15) is 0 Å². The van der Waals surface area contributed by atoms with Crippen molar-refractivity contribution in [2.75, 3.05) is 13.1 Å². The van der Waals surface area contributed by atoms with Crippen LogP contribution in [0.2, 0.25) is 0 Å². The first kappa shape index (κ1) is 14.6. The third-order valence-corrected chi connectivity index (χ3v) is 2.50. The average Bonchev–Trinajstić information content (AvgIpc) is 2.20. The van der Waals surface area contributed by atoms with Gasteiger partial charge in [-0.25, -0.2) is 0 Å². The second-order valence-electron chi connectivity index (χ2n) is 3.53. The quantitative estimate of drug-likeness (QED) is 0.795. The molecule has 1 saturated heterocycles. The molecule has 1 aromatic heterocycles. The summed E-state index contributed by atoms with van der Waals surface area (Å²) in [4.78, 5) is 4.18. The number of hydrogen-bond donors (Lipinski definition) is 2. The normalized spacial score (nSPS) is 24.9. The van der Waals surface area contributed by atoms with E-state index < -0.39 is 5.60 Å². The van der Waals surface area contributed by atoms with E-state index in [1.54, 1.807) is 6.20 Å². The molecule has 86 valence electrons. The smallest absolute Gasteiger partial charge is 0.119 e. The van der Waals surface area contributed by atoms with Crippen LogP contribution in [0.1, 0.15) is 18.5 Å². The van der Waals surface area contributed by atoms with Crippen molar-refractivity contribution in [1.82, 2.24) is 10.3 Å². The number of halogens is 2. The van der Waals surface area contributed by atoms with E-state index in [0.717, 1.165) is 25.1 Å². The number of aliphatic hydroxyl groups is 1. The van der Waals surface area contributed by atoms with Gasteiger partial charge in [0.1, 0.15) is 5.60 Å². The first-order chi connectivity index (χ1) is 6.31. The Balaban J connectivity index is 0.000000980. The molecule has 15 heavy (non-hydrogen) atoms. The van der Waals surface area contributed by atoms with Crippen molar-refractivity contribution in [3.05, 3.63) is 30.1 Å². The number of hydrogen-bond acceptors (Lipinski definition) is 3. The van der Waals surface area contributed by atoms with E-state index in [2.05, 4.69) is 10.3 Å². The van der Waals surface area contributed by atoms with Gasteiger partial charge in [-0.3, -0.25) is 4.98 Å². The molecule has 0 spiro atoms. The molecule has 2 N–H and O–H groups in total. The lowest BCUT2D eigenvalue weighted by molar-refractivity contribution is 0.00824. The zero-order chi connectivity index (χ0) is 9.15. The van der Waals surface area contributed by atoms with Crippen molar-refractivity contribution in [3.8, 4) is 0 Å². The van der Waals surface area contributed by atoms with Crippen LogP contribution in [0.5, 0.6) is 0 Å². The van der Waals surface area contributed by atoms with E-state index in [9.17, 15) is 5.11 Å². The molecule has 0 amide bonds. The van der Waals surface area contributed by atoms with Crippen LogP contribution in [-0.4, -0.2) is 23.2 Å². The number of β-amino-alcohol motifs (C(OH)–C–C–N with tert-alkyl or cyclic N) is 1. The van der Waals surface area contributed by atoms with E-state index >= 15 is 0 Å². The fraction of sp³-hybridized carbons (Fsp3) is 0.500. The molecular formula is C10H16Cl2N2O. The van der Waals surface area contributed by atoms with Crippen molar-refractivity contribution in [3.63, 3.8) is 0 Å². The molecular weight excluding hydrogens is 235 g/mol. The first-order valence-corrected chi connectivity index (χ1v) is 4.66. The van der Waals surface area contributed by atoms with Gasteiger partial charge in [-0.15, -0.1) is 24.8 Å². The number of rotatable bonds is 1. The van der Waals surface area contributed by atoms with Crippen molar-refractivity contribution < 1.29 is 5.11 Å². The van der Waals surface area contributed by atoms with Gasteiger partial charge in [-0.05, 0) is 31.5 Å². The van der Waals surface area contributed by atoms with Gasteiger partial charge in [0.15, 0.2) is 0 Å². The first-order valence-electron chi connectivity index (χ1n) is 4.66. The van der Waals surface area contributed by atoms with Crippen LogP contribution in [0.3, 0.4) is 0 Å². The van der Waals surface area contributed by atoms with Crippen LogP contribution in [0.4, 0.5) is 0 Å². The van der Waals surface area contributed by atoms with Gasteiger partial charge in [0, 0.05) is 12.7 Å². The van der Waals surface area contributed by atoms with Gasteiger partial charge in [0.2, 0.25) is 0 Å². The maximum absolute atomic E-state index is 10.2. The molecule has 2 rings (SSSR count). The highest BCUT2D eigenvalue weighted by Gasteiger charge is 2.31. The Hall–Kier alpha value is -0.350. The fourth-order valence-corrected chi connectivity index (χ4v) is 1.75. The monoisotopic (exact) mass is 250 g/mol. The van der Waals surface area contributed by atoms with Gasteiger partial charge in [0.25, 0.3) is 0 Å². The Morgan fingerprint density at radius 1 is 1.33 bits per heavy atom. The van der Waals surface area contributed by atoms with Crippen LogP contribution in [0.25, 0.3) is 0 Å². The Labute approximate surface area is 102 Å². The minimum absolute atomic E-state index is 0. The van der Waals surface area contributed by atoms with Gasteiger partial charge in [0.05, 0.1) is 5.69 Å². The largest absolute Gasteiger partial charge is 0.382 e. The average molecular weight is 251 g/mol. The van der Waals surface area contributed by atoms with Crippen LogP contribution < -0.4 is 5.32 Å². The fourth-order valence-electron chi connectivity index (χ4n) is 1.75. The topological polar surface area (TPSA) is 45.2 Å². The van der Waals surface area contributed by atoms with Gasteiger partial charge < -0.3 is 10.4 Å². The van der Waals surface area contributed by atoms with Crippen LogP contribution in [-0.2, 0) is 5.60 Å². The summed E-state index contributed by atoms with van der Waals surface area (Å²) in [5, 5.41) is 13.4. The lowest BCUT2D eigenvalue weighted by Crippen LogP contribution is -2.43. The lowest BCUT2D eigenvalue weighted by Gasteiger charge is -2.31. The Morgan fingerprint density at radius 2 is 2.13 bits per heavy atom. The Bertz CT molecular complexity index is 276. The molecule has 0 aromatic carbocycles. The van der Waals surface area contributed by atoms with Gasteiger partial charge in [-0.1, -0.05) is 6.07 Å². The van der Waals surface area contributed by atoms with Crippen LogP contribution in [0, 0.1) is 0 Å². The Kier molecular flexibility index (Phi) is 6.13. The molecule has 0 aliphatic carbocycles. The molecule has 1 aliphatic rings. The Morgan fingerprint density at radius 3 is 2.67 bits per heavy atom. The summed E-state index contributed by atoms with van der Waals surface area (Å²) < 4.78 is 0. The third kappa shape index (κ3) is 3.31. The molecule has 1 fully saturated rings. The predicted molar refractivity (Wildman–Crippen MR) is 64.7 cm³/mol. The van der Waals surface area contributed by atoms with Crippen molar-refractivity contribution >= 4 is 24.8 Å². The van der Waals surface area contributed by atoms with Gasteiger partial charge >= 0.3 is 0 Å². The highest BCUT2D eigenvalue weighted by Crippen LogP contribution is 2.25. The summed E-state index contributed by atoms with van der Waals surface area (Å²) in [5.41, 5.74) is 0.0293. The number of nitrogens with zero attached hydrogens (tertiary/aromatic N) is 1. The van der Waals surface area contributed by atoms with Crippen molar-refractivity contribution in [2.45, 2.75) is 18.4 Å². The zero-order valence-electron chi connectivity index (χ0n) is 8.35. The van der Waals surface area contributed by atoms with E-state index in [1.165, 1.54) is 0 Å². The summed E-state index contributed by atoms with van der Waals surface area (Å²) in [6, 6.07) is 5.66. The van der Waals surface area contributed by atoms with E-state index in [1.807, 2.05) is 18.2 Å². The molecule has 0 bridgehead atoms. The second kappa shape index (κ2) is 6.28. The maximum Gasteiger partial charge on any atom is 0.119 e. The molecule has 1 aliphatic heterocycles. The number of pyridine rings is 1. The summed E-state index contributed by atoms with van der Waals surface area (Å²) in [5.74, 6) is 0. The van der Waals surface area contributed by atoms with E-state index in [0.29, 0.717) is 6.54 Å². The van der Waals surface area contributed by atoms with Crippen LogP contribution in [0.15, 0.2) is 24.4 Å². The zero-order valence-corrected chi connectivity index (χ0v) is 9.98. The predicted octanol–water partition coefficient (Wildman–Crippen LogP) is 1.50. The van der Waals surface area contributed by atoms with E-state index in [-0.39, 0.29) is 24.8 Å². The summed E-state index contributed by atoms with van der Waals surface area (Å²) in [6.45, 7) is 1.61. The molecule has 2 heterocycles. The molecule has 0 radical (unpaired) electrons. The molecule has 1 atom stereocenters. The molecule has 1 aromatic rings. The maximum atomic E-state index is 10.2. The lowest BCUT2D eigenvalue weighted by atomic mass is 9.90. The summed E-state index contributed by atoms with van der Waals surface area (Å²) in [7, 11) is 0. The third-order valence-electron chi connectivity index (χ3n) is 2.50. The second-order valence-corrected chi connectivity index (χ2v) is 3.53.